The second-order valence-electron chi connectivity index (χ2n) is 7.05. The summed E-state index contributed by atoms with van der Waals surface area (Å²) >= 11 is 0. The van der Waals surface area contributed by atoms with Gasteiger partial charge in [0.1, 0.15) is 17.2 Å². The third kappa shape index (κ3) is 2.80. The highest BCUT2D eigenvalue weighted by molar-refractivity contribution is 7.72. The van der Waals surface area contributed by atoms with Crippen LogP contribution in [0.4, 0.5) is 0 Å². The topological polar surface area (TPSA) is 66.8 Å². The van der Waals surface area contributed by atoms with Crippen LogP contribution in [-0.2, 0) is 11.0 Å². The van der Waals surface area contributed by atoms with Gasteiger partial charge in [0.2, 0.25) is 0 Å². The lowest BCUT2D eigenvalue weighted by molar-refractivity contribution is 0.451. The van der Waals surface area contributed by atoms with Crippen molar-refractivity contribution in [2.45, 2.75) is 33.1 Å². The van der Waals surface area contributed by atoms with Crippen LogP contribution < -0.4 is 9.83 Å². The Morgan fingerprint density at radius 1 is 1.25 bits per heavy atom. The Labute approximate surface area is 165 Å². The summed E-state index contributed by atoms with van der Waals surface area (Å²) in [5.41, 5.74) is 2.92. The molecule has 1 unspecified atom stereocenters. The molecule has 1 atom stereocenters. The van der Waals surface area contributed by atoms with Crippen LogP contribution in [0.1, 0.15) is 43.4 Å². The van der Waals surface area contributed by atoms with E-state index in [1.165, 1.54) is 6.07 Å². The van der Waals surface area contributed by atoms with Gasteiger partial charge < -0.3 is 14.7 Å². The largest absolute Gasteiger partial charge is 0.507 e. The molecule has 1 aliphatic carbocycles. The van der Waals surface area contributed by atoms with Gasteiger partial charge >= 0.3 is 7.37 Å². The summed E-state index contributed by atoms with van der Waals surface area (Å²) in [5.74, 6) is 0.483. The van der Waals surface area contributed by atoms with E-state index in [2.05, 4.69) is 0 Å². The van der Waals surface area contributed by atoms with Crippen LogP contribution in [0.5, 0.6) is 17.2 Å². The molecule has 0 radical (unpaired) electrons. The predicted molar refractivity (Wildman–Crippen MR) is 113 cm³/mol. The first-order valence-electron chi connectivity index (χ1n) is 9.49. The average molecular weight is 394 g/mol. The van der Waals surface area contributed by atoms with Gasteiger partial charge in [0.15, 0.2) is 0 Å². The second kappa shape index (κ2) is 7.03. The van der Waals surface area contributed by atoms with Gasteiger partial charge in [-0.2, -0.15) is 0 Å². The molecule has 2 aromatic carbocycles. The highest BCUT2D eigenvalue weighted by atomic mass is 31.2. The summed E-state index contributed by atoms with van der Waals surface area (Å²) in [4.78, 5) is 0. The molecule has 4 rings (SSSR count). The maximum atomic E-state index is 14.2. The van der Waals surface area contributed by atoms with E-state index in [0.29, 0.717) is 28.6 Å². The number of allylic oxidation sites excluding steroid dienone is 5. The average Bonchev–Trinajstić information content (AvgIpc) is 2.71. The molecule has 0 saturated carbocycles. The molecular formula is C23H23O4P. The van der Waals surface area contributed by atoms with Gasteiger partial charge in [0, 0.05) is 22.0 Å². The lowest BCUT2D eigenvalue weighted by Gasteiger charge is -2.30. The fraction of sp³-hybridized carbons (Fsp3) is 0.217. The molecule has 1 heterocycles. The van der Waals surface area contributed by atoms with Crippen molar-refractivity contribution >= 4 is 24.3 Å². The fourth-order valence-electron chi connectivity index (χ4n) is 3.81. The third-order valence-electron chi connectivity index (χ3n) is 5.32. The van der Waals surface area contributed by atoms with Crippen molar-refractivity contribution in [2.24, 2.45) is 0 Å². The molecular weight excluding hydrogens is 371 g/mol. The van der Waals surface area contributed by atoms with Gasteiger partial charge in [-0.1, -0.05) is 49.4 Å². The highest BCUT2D eigenvalue weighted by Crippen LogP contribution is 2.62. The Kier molecular flexibility index (Phi) is 4.68. The third-order valence-corrected chi connectivity index (χ3v) is 7.87. The van der Waals surface area contributed by atoms with Crippen LogP contribution in [0.3, 0.4) is 0 Å². The number of rotatable bonds is 3. The first-order valence-corrected chi connectivity index (χ1v) is 11.1. The molecule has 2 aromatic rings. The number of aromatic hydroxyl groups is 2. The Hall–Kier alpha value is -2.71. The van der Waals surface area contributed by atoms with E-state index in [-0.39, 0.29) is 16.8 Å². The lowest BCUT2D eigenvalue weighted by Crippen LogP contribution is -2.17. The molecule has 0 amide bonds. The van der Waals surface area contributed by atoms with Crippen molar-refractivity contribution in [3.63, 3.8) is 0 Å². The van der Waals surface area contributed by atoms with E-state index in [1.54, 1.807) is 19.1 Å². The molecule has 2 N–H and O–H groups in total. The summed E-state index contributed by atoms with van der Waals surface area (Å²) in [6.45, 7) is 3.82. The molecule has 0 spiro atoms. The number of hydrogen-bond acceptors (Lipinski definition) is 4. The molecule has 2 aliphatic rings. The number of para-hydroxylation sites is 1. The molecule has 0 saturated heterocycles. The van der Waals surface area contributed by atoms with Crippen molar-refractivity contribution in [3.05, 3.63) is 70.6 Å². The number of fused-ring (bicyclic) bond motifs is 2. The highest BCUT2D eigenvalue weighted by Gasteiger charge is 2.40. The summed E-state index contributed by atoms with van der Waals surface area (Å²) in [6, 6.07) is 8.86. The van der Waals surface area contributed by atoms with Gasteiger partial charge in [-0.15, -0.1) is 0 Å². The molecule has 0 fully saturated rings. The lowest BCUT2D eigenvalue weighted by atomic mass is 9.95. The van der Waals surface area contributed by atoms with E-state index in [4.69, 9.17) is 4.52 Å². The quantitative estimate of drug-likeness (QED) is 0.514. The molecule has 0 bridgehead atoms. The minimum Gasteiger partial charge on any atom is -0.507 e. The Morgan fingerprint density at radius 2 is 2.04 bits per heavy atom. The SMILES string of the molecule is CC/C=C\C1=C(C)P(=O)(c2cc(O)c3c(c2O)CCC=C3)Oc2ccccc21. The van der Waals surface area contributed by atoms with Crippen LogP contribution in [0.2, 0.25) is 0 Å². The zero-order chi connectivity index (χ0) is 19.9. The standard InChI is InChI=1S/C23H23O4P/c1-3-4-9-16-15(2)28(26,27-21-13-8-7-11-18(16)21)22-14-20(24)17-10-5-6-12-19(17)23(22)25/h4-5,7-11,13-14,24-25H,3,6,12H2,1-2H3/b9-4-. The minimum absolute atomic E-state index is 0.00915. The van der Waals surface area contributed by atoms with Crippen LogP contribution in [-0.4, -0.2) is 10.2 Å². The van der Waals surface area contributed by atoms with Gasteiger partial charge in [-0.3, -0.25) is 4.57 Å². The summed E-state index contributed by atoms with van der Waals surface area (Å²) in [5, 5.41) is 22.2. The summed E-state index contributed by atoms with van der Waals surface area (Å²) in [6.07, 6.45) is 9.92. The number of benzene rings is 2. The fourth-order valence-corrected chi connectivity index (χ4v) is 6.06. The van der Waals surface area contributed by atoms with Gasteiger partial charge in [0.25, 0.3) is 0 Å². The van der Waals surface area contributed by atoms with Gasteiger partial charge in [-0.25, -0.2) is 0 Å². The van der Waals surface area contributed by atoms with Crippen molar-refractivity contribution in [1.82, 2.24) is 0 Å². The molecule has 28 heavy (non-hydrogen) atoms. The molecule has 144 valence electrons. The van der Waals surface area contributed by atoms with Crippen molar-refractivity contribution in [3.8, 4) is 17.2 Å². The van der Waals surface area contributed by atoms with E-state index in [9.17, 15) is 14.8 Å². The number of phenolic OH excluding ortho intramolecular Hbond substituents is 2. The van der Waals surface area contributed by atoms with Crippen LogP contribution in [0, 0.1) is 0 Å². The van der Waals surface area contributed by atoms with Gasteiger partial charge in [-0.05, 0) is 43.9 Å². The Bertz CT molecular complexity index is 1090. The molecule has 5 heteroatoms. The second-order valence-corrected chi connectivity index (χ2v) is 9.48. The van der Waals surface area contributed by atoms with E-state index >= 15 is 0 Å². The molecule has 1 aliphatic heterocycles. The normalized spacial score (nSPS) is 20.8. The van der Waals surface area contributed by atoms with Crippen LogP contribution in [0.25, 0.3) is 11.6 Å². The van der Waals surface area contributed by atoms with Crippen molar-refractivity contribution in [1.29, 1.82) is 0 Å². The van der Waals surface area contributed by atoms with Crippen LogP contribution >= 0.6 is 7.37 Å². The zero-order valence-electron chi connectivity index (χ0n) is 16.0. The monoisotopic (exact) mass is 394 g/mol. The van der Waals surface area contributed by atoms with Crippen molar-refractivity contribution < 1.29 is 19.3 Å². The summed E-state index contributed by atoms with van der Waals surface area (Å²) < 4.78 is 20.2. The maximum Gasteiger partial charge on any atom is 0.307 e. The first kappa shape index (κ1) is 18.6. The predicted octanol–water partition coefficient (Wildman–Crippen LogP) is 5.75. The van der Waals surface area contributed by atoms with E-state index in [1.807, 2.05) is 43.4 Å². The zero-order valence-corrected chi connectivity index (χ0v) is 16.9. The maximum absolute atomic E-state index is 14.2. The smallest absolute Gasteiger partial charge is 0.307 e. The van der Waals surface area contributed by atoms with Crippen LogP contribution in [0.15, 0.2) is 53.9 Å². The summed E-state index contributed by atoms with van der Waals surface area (Å²) in [7, 11) is -3.60. The molecule has 0 aromatic heterocycles. The van der Waals surface area contributed by atoms with E-state index in [0.717, 1.165) is 24.0 Å². The number of hydrogen-bond donors (Lipinski definition) is 2. The van der Waals surface area contributed by atoms with Crippen molar-refractivity contribution in [2.75, 3.05) is 0 Å². The van der Waals surface area contributed by atoms with Gasteiger partial charge in [0.05, 0.1) is 5.30 Å². The Balaban J connectivity index is 1.98. The first-order chi connectivity index (χ1) is 13.5. The molecule has 4 nitrogen and oxygen atoms in total. The Morgan fingerprint density at radius 3 is 2.82 bits per heavy atom. The van der Waals surface area contributed by atoms with E-state index < -0.39 is 7.37 Å². The minimum atomic E-state index is -3.60. The number of phenols is 2.